The molecule has 0 aliphatic heterocycles. The van der Waals surface area contributed by atoms with Crippen molar-refractivity contribution in [3.63, 3.8) is 0 Å². The molecule has 6 heteroatoms. The number of hydrogen-bond acceptors (Lipinski definition) is 4. The summed E-state index contributed by atoms with van der Waals surface area (Å²) in [5, 5.41) is 15.8. The van der Waals surface area contributed by atoms with Gasteiger partial charge in [0.25, 0.3) is 0 Å². The standard InChI is InChI=1S/C11H7BrN2O3/c12-7-1-3-8(4-2-7)17-10-6-5-9(11(15)16)13-14-10/h1-6H,(H,15,16). The van der Waals surface area contributed by atoms with Crippen molar-refractivity contribution in [1.29, 1.82) is 0 Å². The van der Waals surface area contributed by atoms with Crippen molar-refractivity contribution >= 4 is 21.9 Å². The second-order valence-electron chi connectivity index (χ2n) is 3.12. The Morgan fingerprint density at radius 1 is 1.12 bits per heavy atom. The Kier molecular flexibility index (Phi) is 3.34. The number of aromatic carboxylic acids is 1. The molecule has 86 valence electrons. The summed E-state index contributed by atoms with van der Waals surface area (Å²) in [7, 11) is 0. The lowest BCUT2D eigenvalue weighted by Gasteiger charge is -2.03. The lowest BCUT2D eigenvalue weighted by Crippen LogP contribution is -2.02. The average molecular weight is 295 g/mol. The number of halogens is 1. The molecule has 0 atom stereocenters. The number of carboxylic acids is 1. The van der Waals surface area contributed by atoms with Gasteiger partial charge in [0.2, 0.25) is 5.88 Å². The topological polar surface area (TPSA) is 72.3 Å². The fourth-order valence-corrected chi connectivity index (χ4v) is 1.38. The molecule has 1 N–H and O–H groups in total. The van der Waals surface area contributed by atoms with Crippen molar-refractivity contribution in [1.82, 2.24) is 10.2 Å². The molecular formula is C11H7BrN2O3. The van der Waals surface area contributed by atoms with Gasteiger partial charge in [0.05, 0.1) is 0 Å². The van der Waals surface area contributed by atoms with E-state index in [0.29, 0.717) is 5.75 Å². The van der Waals surface area contributed by atoms with Gasteiger partial charge >= 0.3 is 5.97 Å². The number of hydrogen-bond donors (Lipinski definition) is 1. The highest BCUT2D eigenvalue weighted by Crippen LogP contribution is 2.21. The van der Waals surface area contributed by atoms with Crippen LogP contribution in [0.5, 0.6) is 11.6 Å². The fraction of sp³-hybridized carbons (Fsp3) is 0. The van der Waals surface area contributed by atoms with E-state index < -0.39 is 5.97 Å². The summed E-state index contributed by atoms with van der Waals surface area (Å²) < 4.78 is 6.32. The molecule has 1 heterocycles. The fourth-order valence-electron chi connectivity index (χ4n) is 1.11. The molecule has 5 nitrogen and oxygen atoms in total. The molecule has 2 rings (SSSR count). The van der Waals surface area contributed by atoms with Crippen molar-refractivity contribution in [2.75, 3.05) is 0 Å². The van der Waals surface area contributed by atoms with E-state index in [-0.39, 0.29) is 11.6 Å². The van der Waals surface area contributed by atoms with Crippen LogP contribution in [0, 0.1) is 0 Å². The van der Waals surface area contributed by atoms with Gasteiger partial charge in [0.1, 0.15) is 5.75 Å². The summed E-state index contributed by atoms with van der Waals surface area (Å²) in [6.45, 7) is 0. The Hall–Kier alpha value is -1.95. The zero-order valence-corrected chi connectivity index (χ0v) is 10.1. The van der Waals surface area contributed by atoms with Gasteiger partial charge in [0, 0.05) is 10.5 Å². The van der Waals surface area contributed by atoms with Crippen LogP contribution in [0.25, 0.3) is 0 Å². The summed E-state index contributed by atoms with van der Waals surface area (Å²) in [6.07, 6.45) is 0. The first-order valence-corrected chi connectivity index (χ1v) is 5.45. The number of aromatic nitrogens is 2. The second kappa shape index (κ2) is 4.92. The molecule has 0 spiro atoms. The summed E-state index contributed by atoms with van der Waals surface area (Å²) >= 11 is 3.31. The van der Waals surface area contributed by atoms with Gasteiger partial charge in [-0.25, -0.2) is 4.79 Å². The maximum absolute atomic E-state index is 10.6. The van der Waals surface area contributed by atoms with Crippen LogP contribution in [-0.4, -0.2) is 21.3 Å². The van der Waals surface area contributed by atoms with E-state index in [1.165, 1.54) is 12.1 Å². The molecule has 1 aromatic carbocycles. The zero-order valence-electron chi connectivity index (χ0n) is 8.50. The average Bonchev–Trinajstić information content (AvgIpc) is 2.33. The predicted octanol–water partition coefficient (Wildman–Crippen LogP) is 2.73. The number of carboxylic acid groups (broad SMARTS) is 1. The van der Waals surface area contributed by atoms with Crippen LogP contribution in [0.1, 0.15) is 10.5 Å². The monoisotopic (exact) mass is 294 g/mol. The minimum atomic E-state index is -1.12. The highest BCUT2D eigenvalue weighted by molar-refractivity contribution is 9.10. The maximum Gasteiger partial charge on any atom is 0.356 e. The minimum Gasteiger partial charge on any atom is -0.476 e. The highest BCUT2D eigenvalue weighted by Gasteiger charge is 2.06. The van der Waals surface area contributed by atoms with Crippen molar-refractivity contribution in [2.45, 2.75) is 0 Å². The number of ether oxygens (including phenoxy) is 1. The SMILES string of the molecule is O=C(O)c1ccc(Oc2ccc(Br)cc2)nn1. The molecule has 0 amide bonds. The van der Waals surface area contributed by atoms with E-state index in [1.54, 1.807) is 12.1 Å². The van der Waals surface area contributed by atoms with Gasteiger partial charge in [-0.15, -0.1) is 10.2 Å². The normalized spacial score (nSPS) is 9.94. The molecule has 0 radical (unpaired) electrons. The van der Waals surface area contributed by atoms with Crippen LogP contribution < -0.4 is 4.74 Å². The number of rotatable bonds is 3. The van der Waals surface area contributed by atoms with E-state index in [0.717, 1.165) is 4.47 Å². The summed E-state index contributed by atoms with van der Waals surface area (Å²) in [6, 6.07) is 9.97. The number of carbonyl (C=O) groups is 1. The maximum atomic E-state index is 10.6. The second-order valence-corrected chi connectivity index (χ2v) is 4.03. The summed E-state index contributed by atoms with van der Waals surface area (Å²) in [4.78, 5) is 10.6. The molecule has 0 aliphatic carbocycles. The van der Waals surface area contributed by atoms with Crippen molar-refractivity contribution < 1.29 is 14.6 Å². The van der Waals surface area contributed by atoms with Gasteiger partial charge in [-0.3, -0.25) is 0 Å². The van der Waals surface area contributed by atoms with E-state index in [2.05, 4.69) is 26.1 Å². The van der Waals surface area contributed by atoms with Crippen LogP contribution in [0.4, 0.5) is 0 Å². The van der Waals surface area contributed by atoms with Crippen molar-refractivity contribution in [2.24, 2.45) is 0 Å². The molecule has 2 aromatic rings. The quantitative estimate of drug-likeness (QED) is 0.942. The van der Waals surface area contributed by atoms with Crippen LogP contribution in [-0.2, 0) is 0 Å². The molecule has 17 heavy (non-hydrogen) atoms. The van der Waals surface area contributed by atoms with Gasteiger partial charge in [-0.2, -0.15) is 0 Å². The van der Waals surface area contributed by atoms with E-state index in [9.17, 15) is 4.79 Å². The highest BCUT2D eigenvalue weighted by atomic mass is 79.9. The molecule has 0 fully saturated rings. The Labute approximate surface area is 105 Å². The van der Waals surface area contributed by atoms with Gasteiger partial charge in [0.15, 0.2) is 5.69 Å². The lowest BCUT2D eigenvalue weighted by atomic mass is 10.3. The van der Waals surface area contributed by atoms with Gasteiger partial charge < -0.3 is 9.84 Å². The smallest absolute Gasteiger partial charge is 0.356 e. The van der Waals surface area contributed by atoms with E-state index in [1.807, 2.05) is 12.1 Å². The first kappa shape index (κ1) is 11.5. The van der Waals surface area contributed by atoms with E-state index >= 15 is 0 Å². The van der Waals surface area contributed by atoms with Gasteiger partial charge in [-0.05, 0) is 30.3 Å². The summed E-state index contributed by atoms with van der Waals surface area (Å²) in [5.41, 5.74) is -0.117. The first-order chi connectivity index (χ1) is 8.15. The van der Waals surface area contributed by atoms with Crippen LogP contribution in [0.2, 0.25) is 0 Å². The molecular weight excluding hydrogens is 288 g/mol. The van der Waals surface area contributed by atoms with Crippen LogP contribution >= 0.6 is 15.9 Å². The van der Waals surface area contributed by atoms with Gasteiger partial charge in [-0.1, -0.05) is 15.9 Å². The zero-order chi connectivity index (χ0) is 12.3. The Morgan fingerprint density at radius 3 is 2.35 bits per heavy atom. The number of nitrogens with zero attached hydrogens (tertiary/aromatic N) is 2. The molecule has 0 bridgehead atoms. The molecule has 0 aliphatic rings. The molecule has 0 saturated heterocycles. The minimum absolute atomic E-state index is 0.117. The third-order valence-electron chi connectivity index (χ3n) is 1.90. The Bertz CT molecular complexity index is 525. The molecule has 0 unspecified atom stereocenters. The largest absolute Gasteiger partial charge is 0.476 e. The van der Waals surface area contributed by atoms with Crippen LogP contribution in [0.3, 0.4) is 0 Å². The van der Waals surface area contributed by atoms with Crippen molar-refractivity contribution in [3.8, 4) is 11.6 Å². The Balaban J connectivity index is 2.13. The lowest BCUT2D eigenvalue weighted by molar-refractivity contribution is 0.0689. The molecule has 0 saturated carbocycles. The third-order valence-corrected chi connectivity index (χ3v) is 2.42. The summed E-state index contributed by atoms with van der Waals surface area (Å²) in [5.74, 6) is -0.268. The van der Waals surface area contributed by atoms with Crippen LogP contribution in [0.15, 0.2) is 40.9 Å². The van der Waals surface area contributed by atoms with Crippen molar-refractivity contribution in [3.05, 3.63) is 46.6 Å². The Morgan fingerprint density at radius 2 is 1.82 bits per heavy atom. The first-order valence-electron chi connectivity index (χ1n) is 4.65. The predicted molar refractivity (Wildman–Crippen MR) is 63.2 cm³/mol. The van der Waals surface area contributed by atoms with E-state index in [4.69, 9.17) is 9.84 Å². The number of benzene rings is 1. The third kappa shape index (κ3) is 3.01. The molecule has 1 aromatic heterocycles.